The Bertz CT molecular complexity index is 955. The third kappa shape index (κ3) is 4.49. The summed E-state index contributed by atoms with van der Waals surface area (Å²) in [6.07, 6.45) is 7.85. The van der Waals surface area contributed by atoms with Crippen LogP contribution in [0, 0.1) is 0 Å². The van der Waals surface area contributed by atoms with Crippen LogP contribution in [0.4, 0.5) is 0 Å². The summed E-state index contributed by atoms with van der Waals surface area (Å²) in [6.45, 7) is 2.65. The van der Waals surface area contributed by atoms with Gasteiger partial charge in [0.25, 0.3) is 0 Å². The van der Waals surface area contributed by atoms with E-state index >= 15 is 0 Å². The molecule has 32 heavy (non-hydrogen) atoms. The summed E-state index contributed by atoms with van der Waals surface area (Å²) in [6, 6.07) is 16.9. The summed E-state index contributed by atoms with van der Waals surface area (Å²) >= 11 is 0. The summed E-state index contributed by atoms with van der Waals surface area (Å²) in [5, 5.41) is 3.41. The number of rotatable bonds is 6. The molecule has 2 aromatic rings. The van der Waals surface area contributed by atoms with Gasteiger partial charge in [-0.3, -0.25) is 9.69 Å². The largest absolute Gasteiger partial charge is 0.497 e. The van der Waals surface area contributed by atoms with Crippen molar-refractivity contribution in [1.82, 2.24) is 10.2 Å². The number of hydrogen-bond acceptors (Lipinski definition) is 4. The number of likely N-dealkylation sites (tertiary alicyclic amines) is 1. The molecule has 3 aliphatic rings. The van der Waals surface area contributed by atoms with E-state index in [1.807, 2.05) is 6.07 Å². The quantitative estimate of drug-likeness (QED) is 0.719. The number of nitrogens with one attached hydrogen (secondary N) is 1. The van der Waals surface area contributed by atoms with Crippen LogP contribution in [0.25, 0.3) is 0 Å². The fourth-order valence-corrected chi connectivity index (χ4v) is 5.93. The second-order valence-corrected chi connectivity index (χ2v) is 9.73. The van der Waals surface area contributed by atoms with Crippen molar-refractivity contribution < 1.29 is 14.3 Å². The fourth-order valence-electron chi connectivity index (χ4n) is 5.93. The maximum atomic E-state index is 12.4. The molecule has 5 nitrogen and oxygen atoms in total. The summed E-state index contributed by atoms with van der Waals surface area (Å²) in [7, 11) is 1.71. The highest BCUT2D eigenvalue weighted by molar-refractivity contribution is 5.78. The molecule has 5 rings (SSSR count). The first kappa shape index (κ1) is 21.3. The molecule has 2 aromatic carbocycles. The van der Waals surface area contributed by atoms with Crippen LogP contribution in [0.5, 0.6) is 11.5 Å². The smallest absolute Gasteiger partial charge is 0.220 e. The van der Waals surface area contributed by atoms with Crippen molar-refractivity contribution in [3.63, 3.8) is 0 Å². The predicted octanol–water partition coefficient (Wildman–Crippen LogP) is 4.65. The molecule has 1 saturated carbocycles. The number of ether oxygens (including phenoxy) is 2. The van der Waals surface area contributed by atoms with Gasteiger partial charge in [-0.1, -0.05) is 24.3 Å². The molecule has 170 valence electrons. The standard InChI is InChI=1S/C27H34N2O3/c1-31-23-11-5-8-21(16-23)25-18-29(19-27(25)14-6-13-26(30)28-27)17-20-7-4-12-24(15-20)32-22-9-2-3-10-22/h4-5,7-8,11-12,15-16,22,25H,2-3,6,9-10,13-14,17-19H2,1H3,(H,28,30)/t25-,27+/m0/s1. The van der Waals surface area contributed by atoms with Crippen molar-refractivity contribution in [2.75, 3.05) is 20.2 Å². The van der Waals surface area contributed by atoms with Crippen LogP contribution < -0.4 is 14.8 Å². The molecule has 5 heteroatoms. The van der Waals surface area contributed by atoms with Crippen molar-refractivity contribution in [2.24, 2.45) is 0 Å². The number of hydrogen-bond donors (Lipinski definition) is 1. The first-order valence-corrected chi connectivity index (χ1v) is 12.1. The lowest BCUT2D eigenvalue weighted by atomic mass is 9.76. The summed E-state index contributed by atoms with van der Waals surface area (Å²) in [5.41, 5.74) is 2.30. The van der Waals surface area contributed by atoms with Crippen molar-refractivity contribution in [2.45, 2.75) is 69.1 Å². The summed E-state index contributed by atoms with van der Waals surface area (Å²) < 4.78 is 11.7. The highest BCUT2D eigenvalue weighted by Gasteiger charge is 2.49. The lowest BCUT2D eigenvalue weighted by Gasteiger charge is -2.39. The third-order valence-corrected chi connectivity index (χ3v) is 7.43. The van der Waals surface area contributed by atoms with Gasteiger partial charge in [0.1, 0.15) is 11.5 Å². The van der Waals surface area contributed by atoms with E-state index in [-0.39, 0.29) is 17.4 Å². The van der Waals surface area contributed by atoms with E-state index in [4.69, 9.17) is 9.47 Å². The van der Waals surface area contributed by atoms with Gasteiger partial charge in [0.2, 0.25) is 5.91 Å². The van der Waals surface area contributed by atoms with E-state index in [1.54, 1.807) is 7.11 Å². The molecule has 1 amide bonds. The van der Waals surface area contributed by atoms with E-state index in [2.05, 4.69) is 52.7 Å². The van der Waals surface area contributed by atoms with Gasteiger partial charge in [0.15, 0.2) is 0 Å². The molecule has 2 saturated heterocycles. The Labute approximate surface area is 191 Å². The zero-order chi connectivity index (χ0) is 22.0. The van der Waals surface area contributed by atoms with Gasteiger partial charge in [-0.25, -0.2) is 0 Å². The minimum atomic E-state index is -0.209. The van der Waals surface area contributed by atoms with E-state index in [1.165, 1.54) is 36.8 Å². The number of nitrogens with zero attached hydrogens (tertiary/aromatic N) is 1. The minimum absolute atomic E-state index is 0.179. The Morgan fingerprint density at radius 1 is 1.06 bits per heavy atom. The van der Waals surface area contributed by atoms with Gasteiger partial charge in [0, 0.05) is 32.0 Å². The normalized spacial score (nSPS) is 26.4. The highest BCUT2D eigenvalue weighted by atomic mass is 16.5. The Hall–Kier alpha value is -2.53. The van der Waals surface area contributed by atoms with Crippen LogP contribution in [0.1, 0.15) is 62.0 Å². The molecule has 1 aliphatic carbocycles. The number of carbonyl (C=O) groups excluding carboxylic acids is 1. The Morgan fingerprint density at radius 3 is 2.69 bits per heavy atom. The van der Waals surface area contributed by atoms with E-state index in [0.29, 0.717) is 12.5 Å². The zero-order valence-electron chi connectivity index (χ0n) is 19.0. The number of carbonyl (C=O) groups is 1. The number of piperidine rings is 1. The number of methoxy groups -OCH3 is 1. The first-order valence-electron chi connectivity index (χ1n) is 12.1. The summed E-state index contributed by atoms with van der Waals surface area (Å²) in [4.78, 5) is 14.9. The maximum absolute atomic E-state index is 12.4. The molecular weight excluding hydrogens is 400 g/mol. The van der Waals surface area contributed by atoms with E-state index < -0.39 is 0 Å². The molecule has 0 unspecified atom stereocenters. The highest BCUT2D eigenvalue weighted by Crippen LogP contribution is 2.42. The molecule has 0 aromatic heterocycles. The molecule has 1 spiro atoms. The Kier molecular flexibility index (Phi) is 6.09. The van der Waals surface area contributed by atoms with Crippen LogP contribution >= 0.6 is 0 Å². The van der Waals surface area contributed by atoms with Gasteiger partial charge < -0.3 is 14.8 Å². The summed E-state index contributed by atoms with van der Waals surface area (Å²) in [5.74, 6) is 2.28. The van der Waals surface area contributed by atoms with Crippen molar-refractivity contribution in [3.05, 3.63) is 59.7 Å². The monoisotopic (exact) mass is 434 g/mol. The van der Waals surface area contributed by atoms with Gasteiger partial charge in [0.05, 0.1) is 18.8 Å². The fraction of sp³-hybridized carbons (Fsp3) is 0.519. The molecule has 2 heterocycles. The van der Waals surface area contributed by atoms with Crippen molar-refractivity contribution >= 4 is 5.91 Å². The first-order chi connectivity index (χ1) is 15.6. The van der Waals surface area contributed by atoms with Gasteiger partial charge in [-0.2, -0.15) is 0 Å². The third-order valence-electron chi connectivity index (χ3n) is 7.43. The van der Waals surface area contributed by atoms with E-state index in [9.17, 15) is 4.79 Å². The molecule has 2 aliphatic heterocycles. The number of benzene rings is 2. The van der Waals surface area contributed by atoms with Crippen LogP contribution in [-0.4, -0.2) is 42.6 Å². The van der Waals surface area contributed by atoms with Crippen LogP contribution in [0.15, 0.2) is 48.5 Å². The molecular formula is C27H34N2O3. The Morgan fingerprint density at radius 2 is 1.88 bits per heavy atom. The Balaban J connectivity index is 1.35. The average Bonchev–Trinajstić information content (AvgIpc) is 3.42. The van der Waals surface area contributed by atoms with Gasteiger partial charge in [-0.15, -0.1) is 0 Å². The van der Waals surface area contributed by atoms with Crippen LogP contribution in [0.2, 0.25) is 0 Å². The molecule has 1 N–H and O–H groups in total. The molecule has 0 bridgehead atoms. The minimum Gasteiger partial charge on any atom is -0.497 e. The maximum Gasteiger partial charge on any atom is 0.220 e. The van der Waals surface area contributed by atoms with Crippen molar-refractivity contribution in [1.29, 1.82) is 0 Å². The molecule has 2 atom stereocenters. The van der Waals surface area contributed by atoms with E-state index in [0.717, 1.165) is 44.0 Å². The zero-order valence-corrected chi connectivity index (χ0v) is 19.0. The average molecular weight is 435 g/mol. The van der Waals surface area contributed by atoms with Gasteiger partial charge >= 0.3 is 0 Å². The molecule has 0 radical (unpaired) electrons. The predicted molar refractivity (Wildman–Crippen MR) is 125 cm³/mol. The SMILES string of the molecule is COc1cccc([C@@H]2CN(Cc3cccc(OC4CCCC4)c3)C[C@]23CCCC(=O)N3)c1. The second kappa shape index (κ2) is 9.14. The topological polar surface area (TPSA) is 50.8 Å². The second-order valence-electron chi connectivity index (χ2n) is 9.73. The van der Waals surface area contributed by atoms with Crippen LogP contribution in [0.3, 0.4) is 0 Å². The van der Waals surface area contributed by atoms with Crippen molar-refractivity contribution in [3.8, 4) is 11.5 Å². The lowest BCUT2D eigenvalue weighted by molar-refractivity contribution is -0.125. The van der Waals surface area contributed by atoms with Crippen LogP contribution in [-0.2, 0) is 11.3 Å². The molecule has 3 fully saturated rings. The van der Waals surface area contributed by atoms with Gasteiger partial charge in [-0.05, 0) is 73.9 Å². The number of amides is 1. The lowest BCUT2D eigenvalue weighted by Crippen LogP contribution is -2.56.